The standard InChI is InChI=1S/C25H34N4O5/c1-16-13-29(17(2)15-30)24(31)21-12-19(8-11-22(21)34-23(16)14-28(3)4)27-25(32)26-18-6-9-20(33-5)10-7-18/h6-12,16-17,23,30H,13-15H2,1-5H3,(H2,26,27,32)/t16-,17+,23-/m0/s1. The molecule has 0 spiro atoms. The first-order chi connectivity index (χ1) is 16.2. The molecule has 2 aromatic rings. The molecule has 0 bridgehead atoms. The molecular formula is C25H34N4O5. The molecule has 0 saturated carbocycles. The molecule has 0 aliphatic carbocycles. The van der Waals surface area contributed by atoms with Gasteiger partial charge in [0.05, 0.1) is 25.3 Å². The zero-order chi connectivity index (χ0) is 24.8. The third-order valence-corrected chi connectivity index (χ3v) is 5.82. The van der Waals surface area contributed by atoms with Gasteiger partial charge in [-0.1, -0.05) is 6.92 Å². The van der Waals surface area contributed by atoms with E-state index in [0.29, 0.717) is 41.5 Å². The lowest BCUT2D eigenvalue weighted by Gasteiger charge is -2.37. The van der Waals surface area contributed by atoms with Crippen molar-refractivity contribution < 1.29 is 24.2 Å². The van der Waals surface area contributed by atoms with Crippen LogP contribution in [-0.2, 0) is 0 Å². The smallest absolute Gasteiger partial charge is 0.323 e. The van der Waals surface area contributed by atoms with Crippen molar-refractivity contribution >= 4 is 23.3 Å². The van der Waals surface area contributed by atoms with Crippen LogP contribution in [0.4, 0.5) is 16.2 Å². The van der Waals surface area contributed by atoms with E-state index in [4.69, 9.17) is 9.47 Å². The number of anilines is 2. The number of rotatable bonds is 7. The minimum Gasteiger partial charge on any atom is -0.497 e. The summed E-state index contributed by atoms with van der Waals surface area (Å²) >= 11 is 0. The van der Waals surface area contributed by atoms with Gasteiger partial charge in [-0.2, -0.15) is 0 Å². The van der Waals surface area contributed by atoms with Crippen LogP contribution in [0, 0.1) is 5.92 Å². The van der Waals surface area contributed by atoms with Crippen molar-refractivity contribution in [3.8, 4) is 11.5 Å². The molecule has 184 valence electrons. The molecule has 0 radical (unpaired) electrons. The molecule has 1 aliphatic rings. The van der Waals surface area contributed by atoms with Crippen LogP contribution in [0.15, 0.2) is 42.5 Å². The second kappa shape index (κ2) is 11.2. The Labute approximate surface area is 200 Å². The highest BCUT2D eigenvalue weighted by atomic mass is 16.5. The average Bonchev–Trinajstić information content (AvgIpc) is 2.81. The fourth-order valence-electron chi connectivity index (χ4n) is 3.85. The number of hydrogen-bond donors (Lipinski definition) is 3. The highest BCUT2D eigenvalue weighted by molar-refractivity contribution is 6.02. The molecule has 0 fully saturated rings. The summed E-state index contributed by atoms with van der Waals surface area (Å²) in [6.07, 6.45) is -0.146. The third-order valence-electron chi connectivity index (χ3n) is 5.82. The Kier molecular flexibility index (Phi) is 8.36. The van der Waals surface area contributed by atoms with Gasteiger partial charge in [-0.25, -0.2) is 4.79 Å². The maximum atomic E-state index is 13.4. The molecule has 0 unspecified atom stereocenters. The molecule has 2 aromatic carbocycles. The maximum Gasteiger partial charge on any atom is 0.323 e. The summed E-state index contributed by atoms with van der Waals surface area (Å²) in [4.78, 5) is 29.7. The van der Waals surface area contributed by atoms with Crippen LogP contribution in [0.2, 0.25) is 0 Å². The van der Waals surface area contributed by atoms with Crippen LogP contribution < -0.4 is 20.1 Å². The number of amides is 3. The van der Waals surface area contributed by atoms with Crippen molar-refractivity contribution in [2.75, 3.05) is 51.5 Å². The highest BCUT2D eigenvalue weighted by Gasteiger charge is 2.33. The van der Waals surface area contributed by atoms with Gasteiger partial charge < -0.3 is 35.0 Å². The molecule has 1 heterocycles. The van der Waals surface area contributed by atoms with Crippen LogP contribution in [0.5, 0.6) is 11.5 Å². The van der Waals surface area contributed by atoms with Gasteiger partial charge in [0.1, 0.15) is 17.6 Å². The molecule has 3 amide bonds. The first-order valence-electron chi connectivity index (χ1n) is 11.3. The molecule has 9 heteroatoms. The summed E-state index contributed by atoms with van der Waals surface area (Å²) in [6, 6.07) is 11.2. The number of aliphatic hydroxyl groups is 1. The normalized spacial score (nSPS) is 18.9. The Morgan fingerprint density at radius 1 is 1.21 bits per heavy atom. The summed E-state index contributed by atoms with van der Waals surface area (Å²) < 4.78 is 11.4. The Hall–Kier alpha value is -3.30. The average molecular weight is 471 g/mol. The summed E-state index contributed by atoms with van der Waals surface area (Å²) in [5.41, 5.74) is 1.40. The Bertz CT molecular complexity index is 995. The predicted octanol–water partition coefficient (Wildman–Crippen LogP) is 3.12. The monoisotopic (exact) mass is 470 g/mol. The molecular weight excluding hydrogens is 436 g/mol. The van der Waals surface area contributed by atoms with E-state index in [1.54, 1.807) is 54.5 Å². The van der Waals surface area contributed by atoms with Crippen LogP contribution in [0.25, 0.3) is 0 Å². The fourth-order valence-corrected chi connectivity index (χ4v) is 3.85. The van der Waals surface area contributed by atoms with Crippen LogP contribution in [0.3, 0.4) is 0 Å². The largest absolute Gasteiger partial charge is 0.497 e. The van der Waals surface area contributed by atoms with E-state index in [-0.39, 0.29) is 30.6 Å². The molecule has 34 heavy (non-hydrogen) atoms. The van der Waals surface area contributed by atoms with Crippen LogP contribution in [0.1, 0.15) is 24.2 Å². The second-order valence-electron chi connectivity index (χ2n) is 8.90. The van der Waals surface area contributed by atoms with Gasteiger partial charge in [-0.15, -0.1) is 0 Å². The number of carbonyl (C=O) groups excluding carboxylic acids is 2. The van der Waals surface area contributed by atoms with Gasteiger partial charge in [-0.3, -0.25) is 4.79 Å². The molecule has 3 rings (SSSR count). The van der Waals surface area contributed by atoms with Gasteiger partial charge in [0.25, 0.3) is 5.91 Å². The topological polar surface area (TPSA) is 103 Å². The minimum atomic E-state index is -0.441. The Morgan fingerprint density at radius 2 is 1.85 bits per heavy atom. The van der Waals surface area contributed by atoms with Crippen LogP contribution in [-0.4, -0.2) is 79.9 Å². The van der Waals surface area contributed by atoms with Crippen LogP contribution >= 0.6 is 0 Å². The SMILES string of the molecule is COc1ccc(NC(=O)Nc2ccc3c(c2)C(=O)N([C@H](C)CO)C[C@H](C)[C@H](CN(C)C)O3)cc1. The van der Waals surface area contributed by atoms with Gasteiger partial charge in [0, 0.05) is 30.4 Å². The van der Waals surface area contributed by atoms with E-state index in [1.165, 1.54) is 0 Å². The summed E-state index contributed by atoms with van der Waals surface area (Å²) in [7, 11) is 5.53. The first-order valence-corrected chi connectivity index (χ1v) is 11.3. The number of methoxy groups -OCH3 is 1. The van der Waals surface area contributed by atoms with Crippen molar-refractivity contribution in [1.29, 1.82) is 0 Å². The van der Waals surface area contributed by atoms with E-state index in [9.17, 15) is 14.7 Å². The predicted molar refractivity (Wildman–Crippen MR) is 132 cm³/mol. The quantitative estimate of drug-likeness (QED) is 0.575. The lowest BCUT2D eigenvalue weighted by Crippen LogP contribution is -2.49. The second-order valence-corrected chi connectivity index (χ2v) is 8.90. The van der Waals surface area contributed by atoms with E-state index < -0.39 is 6.03 Å². The molecule has 0 saturated heterocycles. The lowest BCUT2D eigenvalue weighted by molar-refractivity contribution is 0.0363. The molecule has 9 nitrogen and oxygen atoms in total. The lowest BCUT2D eigenvalue weighted by atomic mass is 9.99. The van der Waals surface area contributed by atoms with Gasteiger partial charge in [-0.05, 0) is 63.5 Å². The summed E-state index contributed by atoms with van der Waals surface area (Å²) in [5.74, 6) is 0.960. The zero-order valence-electron chi connectivity index (χ0n) is 20.4. The Morgan fingerprint density at radius 3 is 2.47 bits per heavy atom. The number of nitrogens with one attached hydrogen (secondary N) is 2. The van der Waals surface area contributed by atoms with Gasteiger partial charge >= 0.3 is 6.03 Å². The number of fused-ring (bicyclic) bond motifs is 1. The maximum absolute atomic E-state index is 13.4. The number of urea groups is 1. The first kappa shape index (κ1) is 25.3. The van der Waals surface area contributed by atoms with E-state index in [1.807, 2.05) is 32.8 Å². The fraction of sp³-hybridized carbons (Fsp3) is 0.440. The number of aliphatic hydroxyl groups excluding tert-OH is 1. The summed E-state index contributed by atoms with van der Waals surface area (Å²) in [6.45, 7) is 4.85. The van der Waals surface area contributed by atoms with Crippen molar-refractivity contribution in [3.63, 3.8) is 0 Å². The molecule has 1 aliphatic heterocycles. The van der Waals surface area contributed by atoms with Gasteiger partial charge in [0.15, 0.2) is 0 Å². The van der Waals surface area contributed by atoms with Gasteiger partial charge in [0.2, 0.25) is 0 Å². The van der Waals surface area contributed by atoms with Crippen molar-refractivity contribution in [1.82, 2.24) is 9.80 Å². The zero-order valence-corrected chi connectivity index (χ0v) is 20.4. The third kappa shape index (κ3) is 6.18. The number of carbonyl (C=O) groups is 2. The molecule has 3 N–H and O–H groups in total. The van der Waals surface area contributed by atoms with Crippen molar-refractivity contribution in [2.24, 2.45) is 5.92 Å². The van der Waals surface area contributed by atoms with E-state index in [2.05, 4.69) is 10.6 Å². The van der Waals surface area contributed by atoms with Crippen molar-refractivity contribution in [2.45, 2.75) is 26.0 Å². The van der Waals surface area contributed by atoms with Crippen molar-refractivity contribution in [3.05, 3.63) is 48.0 Å². The molecule has 3 atom stereocenters. The van der Waals surface area contributed by atoms with E-state index in [0.717, 1.165) is 0 Å². The number of benzene rings is 2. The number of hydrogen-bond acceptors (Lipinski definition) is 6. The Balaban J connectivity index is 1.85. The number of likely N-dealkylation sites (N-methyl/N-ethyl adjacent to an activating group) is 1. The summed E-state index contributed by atoms with van der Waals surface area (Å²) in [5, 5.41) is 15.3. The number of nitrogens with zero attached hydrogens (tertiary/aromatic N) is 2. The minimum absolute atomic E-state index is 0.0570. The number of ether oxygens (including phenoxy) is 2. The molecule has 0 aromatic heterocycles. The highest BCUT2D eigenvalue weighted by Crippen LogP contribution is 2.30. The van der Waals surface area contributed by atoms with E-state index >= 15 is 0 Å².